The van der Waals surface area contributed by atoms with E-state index in [9.17, 15) is 0 Å². The molecule has 172 valence electrons. The van der Waals surface area contributed by atoms with Gasteiger partial charge in [0.2, 0.25) is 0 Å². The monoisotopic (exact) mass is 540 g/mol. The predicted octanol–water partition coefficient (Wildman–Crippen LogP) is 2.00. The molecule has 1 aromatic carbocycles. The first-order chi connectivity index (χ1) is 14.7. The van der Waals surface area contributed by atoms with Crippen molar-refractivity contribution in [3.63, 3.8) is 0 Å². The minimum atomic E-state index is 0. The molecule has 0 amide bonds. The number of nitrogens with zero attached hydrogens (tertiary/aromatic N) is 6. The zero-order valence-corrected chi connectivity index (χ0v) is 21.3. The molecule has 1 aliphatic rings. The summed E-state index contributed by atoms with van der Waals surface area (Å²) in [4.78, 5) is 9.39. The first-order valence-electron chi connectivity index (χ1n) is 11.0. The average molecular weight is 540 g/mol. The zero-order chi connectivity index (χ0) is 21.2. The lowest BCUT2D eigenvalue weighted by molar-refractivity contribution is 0.0891. The fourth-order valence-corrected chi connectivity index (χ4v) is 3.96. The number of rotatable bonds is 9. The van der Waals surface area contributed by atoms with E-state index in [0.717, 1.165) is 70.4 Å². The third-order valence-electron chi connectivity index (χ3n) is 5.67. The number of aryl methyl sites for hydroxylation is 1. The second kappa shape index (κ2) is 13.6. The van der Waals surface area contributed by atoms with Gasteiger partial charge in [0.1, 0.15) is 12.2 Å². The smallest absolute Gasteiger partial charge is 0.191 e. The van der Waals surface area contributed by atoms with Crippen LogP contribution in [-0.4, -0.2) is 83.9 Å². The van der Waals surface area contributed by atoms with E-state index in [4.69, 9.17) is 0 Å². The molecule has 1 saturated heterocycles. The summed E-state index contributed by atoms with van der Waals surface area (Å²) in [5.41, 5.74) is 1.41. The van der Waals surface area contributed by atoms with Crippen LogP contribution in [0.15, 0.2) is 41.7 Å². The molecule has 0 radical (unpaired) electrons. The van der Waals surface area contributed by atoms with Gasteiger partial charge in [-0.2, -0.15) is 0 Å². The Morgan fingerprint density at radius 2 is 1.90 bits per heavy atom. The molecule has 1 unspecified atom stereocenters. The fourth-order valence-electron chi connectivity index (χ4n) is 3.96. The molecule has 8 nitrogen and oxygen atoms in total. The van der Waals surface area contributed by atoms with E-state index in [1.54, 1.807) is 6.33 Å². The van der Waals surface area contributed by atoms with Gasteiger partial charge in [-0.25, -0.2) is 0 Å². The van der Waals surface area contributed by atoms with Crippen molar-refractivity contribution in [2.24, 2.45) is 4.99 Å². The molecule has 0 spiro atoms. The molecule has 3 rings (SSSR count). The number of nitrogens with one attached hydrogen (secondary N) is 2. The number of aliphatic imine (C=N–C) groups is 1. The lowest BCUT2D eigenvalue weighted by Crippen LogP contribution is -2.47. The highest BCUT2D eigenvalue weighted by atomic mass is 127. The van der Waals surface area contributed by atoms with E-state index in [-0.39, 0.29) is 24.0 Å². The van der Waals surface area contributed by atoms with E-state index in [2.05, 4.69) is 84.5 Å². The fraction of sp³-hybridized carbons (Fsp3) is 0.591. The maximum absolute atomic E-state index is 4.34. The van der Waals surface area contributed by atoms with Crippen LogP contribution in [0.1, 0.15) is 30.8 Å². The van der Waals surface area contributed by atoms with Crippen LogP contribution >= 0.6 is 24.0 Å². The molecule has 2 aromatic rings. The summed E-state index contributed by atoms with van der Waals surface area (Å²) in [6, 6.07) is 11.3. The Morgan fingerprint density at radius 3 is 2.65 bits per heavy atom. The van der Waals surface area contributed by atoms with Crippen LogP contribution in [0, 0.1) is 0 Å². The van der Waals surface area contributed by atoms with Crippen LogP contribution in [0.2, 0.25) is 0 Å². The van der Waals surface area contributed by atoms with Gasteiger partial charge < -0.3 is 20.1 Å². The van der Waals surface area contributed by atoms with Gasteiger partial charge in [0.05, 0.1) is 0 Å². The maximum atomic E-state index is 4.34. The maximum Gasteiger partial charge on any atom is 0.191 e. The Kier molecular flexibility index (Phi) is 11.2. The third kappa shape index (κ3) is 7.73. The normalized spacial score (nSPS) is 17.9. The molecule has 2 N–H and O–H groups in total. The summed E-state index contributed by atoms with van der Waals surface area (Å²) in [6.45, 7) is 9.03. The number of likely N-dealkylation sites (N-methyl/N-ethyl adjacent to an activating group) is 1. The van der Waals surface area contributed by atoms with Gasteiger partial charge in [-0.15, -0.1) is 34.2 Å². The topological polar surface area (TPSA) is 73.6 Å². The predicted molar refractivity (Wildman–Crippen MR) is 137 cm³/mol. The summed E-state index contributed by atoms with van der Waals surface area (Å²) >= 11 is 0. The van der Waals surface area contributed by atoms with Gasteiger partial charge in [-0.05, 0) is 19.0 Å². The summed E-state index contributed by atoms with van der Waals surface area (Å²) < 4.78 is 2.08. The Bertz CT molecular complexity index is 779. The Morgan fingerprint density at radius 1 is 1.13 bits per heavy atom. The van der Waals surface area contributed by atoms with E-state index in [1.807, 2.05) is 7.05 Å². The van der Waals surface area contributed by atoms with Gasteiger partial charge in [0.25, 0.3) is 0 Å². The van der Waals surface area contributed by atoms with Crippen molar-refractivity contribution in [2.75, 3.05) is 53.4 Å². The number of aromatic nitrogens is 3. The second-order valence-corrected chi connectivity index (χ2v) is 7.80. The summed E-state index contributed by atoms with van der Waals surface area (Å²) in [5, 5.41) is 14.9. The van der Waals surface area contributed by atoms with Crippen LogP contribution in [0.3, 0.4) is 0 Å². The van der Waals surface area contributed by atoms with Crippen molar-refractivity contribution in [2.45, 2.75) is 32.4 Å². The van der Waals surface area contributed by atoms with Crippen molar-refractivity contribution < 1.29 is 0 Å². The third-order valence-corrected chi connectivity index (χ3v) is 5.67. The zero-order valence-electron chi connectivity index (χ0n) is 19.0. The lowest BCUT2D eigenvalue weighted by Gasteiger charge is -2.40. The molecule has 1 aliphatic heterocycles. The molecular formula is C22H37IN8. The number of benzene rings is 1. The summed E-state index contributed by atoms with van der Waals surface area (Å²) in [6.07, 6.45) is 3.76. The highest BCUT2D eigenvalue weighted by Crippen LogP contribution is 2.24. The molecule has 1 aromatic heterocycles. The second-order valence-electron chi connectivity index (χ2n) is 7.80. The van der Waals surface area contributed by atoms with Gasteiger partial charge >= 0.3 is 0 Å². The Hall–Kier alpha value is -1.72. The van der Waals surface area contributed by atoms with E-state index in [1.165, 1.54) is 5.56 Å². The largest absolute Gasteiger partial charge is 0.356 e. The van der Waals surface area contributed by atoms with Crippen molar-refractivity contribution in [1.29, 1.82) is 0 Å². The molecule has 9 heteroatoms. The summed E-state index contributed by atoms with van der Waals surface area (Å²) in [5.74, 6) is 1.86. The quantitative estimate of drug-likeness (QED) is 0.220. The van der Waals surface area contributed by atoms with Crippen LogP contribution < -0.4 is 10.6 Å². The molecule has 2 heterocycles. The van der Waals surface area contributed by atoms with Gasteiger partial charge in [-0.1, -0.05) is 37.3 Å². The van der Waals surface area contributed by atoms with Crippen molar-refractivity contribution >= 4 is 29.9 Å². The Balaban J connectivity index is 0.00000341. The van der Waals surface area contributed by atoms with Gasteiger partial charge in [0.15, 0.2) is 5.96 Å². The van der Waals surface area contributed by atoms with E-state index in [0.29, 0.717) is 6.04 Å². The molecule has 0 saturated carbocycles. The molecule has 0 bridgehead atoms. The first kappa shape index (κ1) is 25.5. The van der Waals surface area contributed by atoms with Crippen LogP contribution in [0.5, 0.6) is 0 Å². The molecular weight excluding hydrogens is 503 g/mol. The number of guanidine groups is 1. The number of hydrogen-bond donors (Lipinski definition) is 2. The Labute approximate surface area is 203 Å². The molecule has 31 heavy (non-hydrogen) atoms. The minimum absolute atomic E-state index is 0. The van der Waals surface area contributed by atoms with Gasteiger partial charge in [-0.3, -0.25) is 9.89 Å². The average Bonchev–Trinajstić information content (AvgIpc) is 3.24. The molecule has 0 aliphatic carbocycles. The van der Waals surface area contributed by atoms with Crippen molar-refractivity contribution in [3.8, 4) is 0 Å². The molecule has 1 atom stereocenters. The summed E-state index contributed by atoms with van der Waals surface area (Å²) in [7, 11) is 4.03. The van der Waals surface area contributed by atoms with Crippen molar-refractivity contribution in [1.82, 2.24) is 35.2 Å². The highest BCUT2D eigenvalue weighted by Gasteiger charge is 2.25. The first-order valence-corrected chi connectivity index (χ1v) is 11.0. The standard InChI is InChI=1S/C22H36N8.HI/c1-4-21-27-26-18-30(21)14-12-25-22(23-2)24-11-8-13-29-16-15-28(3)17-20(29)19-9-6-5-7-10-19;/h5-7,9-10,18,20H,4,8,11-17H2,1-3H3,(H2,23,24,25);1H. The lowest BCUT2D eigenvalue weighted by atomic mass is 10.0. The van der Waals surface area contributed by atoms with Crippen LogP contribution in [0.4, 0.5) is 0 Å². The molecule has 1 fully saturated rings. The van der Waals surface area contributed by atoms with Crippen molar-refractivity contribution in [3.05, 3.63) is 48.0 Å². The van der Waals surface area contributed by atoms with Crippen LogP contribution in [0.25, 0.3) is 0 Å². The minimum Gasteiger partial charge on any atom is -0.356 e. The SMILES string of the molecule is CCc1nncn1CCNC(=NC)NCCCN1CCN(C)CC1c1ccccc1.I. The van der Waals surface area contributed by atoms with E-state index < -0.39 is 0 Å². The number of halogens is 1. The number of hydrogen-bond acceptors (Lipinski definition) is 5. The van der Waals surface area contributed by atoms with Crippen LogP contribution in [-0.2, 0) is 13.0 Å². The highest BCUT2D eigenvalue weighted by molar-refractivity contribution is 14.0. The van der Waals surface area contributed by atoms with Gasteiger partial charge in [0, 0.05) is 65.3 Å². The number of piperazine rings is 1. The van der Waals surface area contributed by atoms with E-state index >= 15 is 0 Å².